The molecule has 19 heavy (non-hydrogen) atoms. The summed E-state index contributed by atoms with van der Waals surface area (Å²) < 4.78 is 51.4. The lowest BCUT2D eigenvalue weighted by Crippen LogP contribution is -2.24. The number of benzene rings is 1. The molecule has 5 heteroatoms. The van der Waals surface area contributed by atoms with Crippen LogP contribution >= 0.6 is 0 Å². The summed E-state index contributed by atoms with van der Waals surface area (Å²) in [5.41, 5.74) is -0.661. The van der Waals surface area contributed by atoms with Crippen LogP contribution in [0.5, 0.6) is 0 Å². The summed E-state index contributed by atoms with van der Waals surface area (Å²) in [5, 5.41) is 3.20. The van der Waals surface area contributed by atoms with E-state index in [1.54, 1.807) is 0 Å². The number of hydrogen-bond acceptors (Lipinski definition) is 1. The number of hydrogen-bond donors (Lipinski definition) is 1. The van der Waals surface area contributed by atoms with Gasteiger partial charge in [0.1, 0.15) is 5.82 Å². The highest BCUT2D eigenvalue weighted by Gasteiger charge is 2.41. The van der Waals surface area contributed by atoms with E-state index in [-0.39, 0.29) is 6.04 Å². The second-order valence-electron chi connectivity index (χ2n) is 5.15. The molecule has 1 N–H and O–H groups in total. The first-order valence-corrected chi connectivity index (χ1v) is 6.44. The van der Waals surface area contributed by atoms with Crippen molar-refractivity contribution in [2.75, 3.05) is 6.54 Å². The Kier molecular flexibility index (Phi) is 3.85. The Hall–Kier alpha value is -1.10. The monoisotopic (exact) mass is 275 g/mol. The van der Waals surface area contributed by atoms with Crippen LogP contribution in [0.2, 0.25) is 0 Å². The standard InChI is InChI=1S/C14H17F4N/c1-3-19-13(10-6-8(10)2)9-4-5-12(15)11(7-9)14(16,17)18/h4-5,7-8,10,13,19H,3,6H2,1-2H3. The minimum atomic E-state index is -4.65. The molecule has 0 bridgehead atoms. The van der Waals surface area contributed by atoms with E-state index in [2.05, 4.69) is 12.2 Å². The molecule has 2 rings (SSSR count). The third-order valence-electron chi connectivity index (χ3n) is 3.68. The van der Waals surface area contributed by atoms with Crippen molar-refractivity contribution in [3.8, 4) is 0 Å². The summed E-state index contributed by atoms with van der Waals surface area (Å²) in [5.74, 6) is -0.370. The molecule has 0 amide bonds. The zero-order valence-corrected chi connectivity index (χ0v) is 10.9. The van der Waals surface area contributed by atoms with Crippen LogP contribution in [0.15, 0.2) is 18.2 Å². The van der Waals surface area contributed by atoms with Gasteiger partial charge in [-0.3, -0.25) is 0 Å². The molecule has 1 aromatic rings. The number of nitrogens with one attached hydrogen (secondary N) is 1. The van der Waals surface area contributed by atoms with Gasteiger partial charge in [0.05, 0.1) is 5.56 Å². The minimum absolute atomic E-state index is 0.123. The van der Waals surface area contributed by atoms with Crippen LogP contribution in [-0.2, 0) is 6.18 Å². The summed E-state index contributed by atoms with van der Waals surface area (Å²) in [6.45, 7) is 4.66. The maximum Gasteiger partial charge on any atom is 0.419 e. The van der Waals surface area contributed by atoms with Crippen molar-refractivity contribution in [2.45, 2.75) is 32.5 Å². The van der Waals surface area contributed by atoms with Crippen molar-refractivity contribution in [3.05, 3.63) is 35.1 Å². The highest BCUT2D eigenvalue weighted by molar-refractivity contribution is 5.30. The molecule has 1 aliphatic carbocycles. The number of alkyl halides is 3. The van der Waals surface area contributed by atoms with E-state index in [4.69, 9.17) is 0 Å². The van der Waals surface area contributed by atoms with Gasteiger partial charge in [0.25, 0.3) is 0 Å². The van der Waals surface area contributed by atoms with Gasteiger partial charge in [0, 0.05) is 6.04 Å². The molecule has 3 unspecified atom stereocenters. The predicted octanol–water partition coefficient (Wildman–Crippen LogP) is 4.15. The first-order chi connectivity index (χ1) is 8.84. The lowest BCUT2D eigenvalue weighted by Gasteiger charge is -2.20. The fourth-order valence-electron chi connectivity index (χ4n) is 2.51. The molecule has 0 aromatic heterocycles. The van der Waals surface area contributed by atoms with Crippen molar-refractivity contribution >= 4 is 0 Å². The van der Waals surface area contributed by atoms with Crippen LogP contribution in [0.1, 0.15) is 37.4 Å². The molecule has 1 fully saturated rings. The molecule has 0 spiro atoms. The topological polar surface area (TPSA) is 12.0 Å². The van der Waals surface area contributed by atoms with Crippen molar-refractivity contribution in [3.63, 3.8) is 0 Å². The van der Waals surface area contributed by atoms with E-state index in [1.807, 2.05) is 6.92 Å². The minimum Gasteiger partial charge on any atom is -0.310 e. The van der Waals surface area contributed by atoms with Crippen LogP contribution in [0.3, 0.4) is 0 Å². The molecule has 0 saturated heterocycles. The molecule has 1 nitrogen and oxygen atoms in total. The van der Waals surface area contributed by atoms with Crippen LogP contribution in [-0.4, -0.2) is 6.54 Å². The first kappa shape index (κ1) is 14.3. The number of halogens is 4. The first-order valence-electron chi connectivity index (χ1n) is 6.44. The van der Waals surface area contributed by atoms with Crippen molar-refractivity contribution in [2.24, 2.45) is 11.8 Å². The fourth-order valence-corrected chi connectivity index (χ4v) is 2.51. The zero-order chi connectivity index (χ0) is 14.2. The second kappa shape index (κ2) is 5.12. The summed E-state index contributed by atoms with van der Waals surface area (Å²) in [6.07, 6.45) is -3.65. The number of rotatable bonds is 4. The van der Waals surface area contributed by atoms with Gasteiger partial charge >= 0.3 is 6.18 Å². The van der Waals surface area contributed by atoms with Crippen LogP contribution in [0, 0.1) is 17.7 Å². The van der Waals surface area contributed by atoms with Gasteiger partial charge in [-0.25, -0.2) is 4.39 Å². The normalized spacial score (nSPS) is 24.3. The molecule has 0 heterocycles. The highest BCUT2D eigenvalue weighted by Crippen LogP contribution is 2.47. The maximum absolute atomic E-state index is 13.3. The SMILES string of the molecule is CCNC(c1ccc(F)c(C(F)(F)F)c1)C1CC1C. The fraction of sp³-hybridized carbons (Fsp3) is 0.571. The Morgan fingerprint density at radius 3 is 2.47 bits per heavy atom. The Morgan fingerprint density at radius 1 is 1.37 bits per heavy atom. The molecule has 3 atom stereocenters. The van der Waals surface area contributed by atoms with E-state index in [1.165, 1.54) is 6.07 Å². The zero-order valence-electron chi connectivity index (χ0n) is 10.9. The molecule has 1 aromatic carbocycles. The summed E-state index contributed by atoms with van der Waals surface area (Å²) in [4.78, 5) is 0. The summed E-state index contributed by atoms with van der Waals surface area (Å²) in [7, 11) is 0. The highest BCUT2D eigenvalue weighted by atomic mass is 19.4. The van der Waals surface area contributed by atoms with Gasteiger partial charge in [0.15, 0.2) is 0 Å². The molecular formula is C14H17F4N. The third kappa shape index (κ3) is 3.08. The Labute approximate surface area is 110 Å². The van der Waals surface area contributed by atoms with Crippen LogP contribution in [0.4, 0.5) is 17.6 Å². The van der Waals surface area contributed by atoms with Gasteiger partial charge < -0.3 is 5.32 Å². The van der Waals surface area contributed by atoms with E-state index >= 15 is 0 Å². The van der Waals surface area contributed by atoms with Crippen LogP contribution < -0.4 is 5.32 Å². The smallest absolute Gasteiger partial charge is 0.310 e. The van der Waals surface area contributed by atoms with Gasteiger partial charge in [-0.05, 0) is 42.5 Å². The van der Waals surface area contributed by atoms with Gasteiger partial charge in [0.2, 0.25) is 0 Å². The van der Waals surface area contributed by atoms with E-state index in [0.29, 0.717) is 23.9 Å². The largest absolute Gasteiger partial charge is 0.419 e. The lowest BCUT2D eigenvalue weighted by molar-refractivity contribution is -0.140. The Bertz CT molecular complexity index is 455. The Balaban J connectivity index is 2.33. The van der Waals surface area contributed by atoms with Crippen molar-refractivity contribution in [1.29, 1.82) is 0 Å². The van der Waals surface area contributed by atoms with Gasteiger partial charge in [-0.2, -0.15) is 13.2 Å². The van der Waals surface area contributed by atoms with Crippen LogP contribution in [0.25, 0.3) is 0 Å². The molecule has 0 aliphatic heterocycles. The third-order valence-corrected chi connectivity index (χ3v) is 3.68. The van der Waals surface area contributed by atoms with E-state index in [9.17, 15) is 17.6 Å². The van der Waals surface area contributed by atoms with Crippen molar-refractivity contribution < 1.29 is 17.6 Å². The second-order valence-corrected chi connectivity index (χ2v) is 5.15. The average molecular weight is 275 g/mol. The Morgan fingerprint density at radius 2 is 2.00 bits per heavy atom. The summed E-state index contributed by atoms with van der Waals surface area (Å²) in [6, 6.07) is 3.17. The maximum atomic E-state index is 13.3. The van der Waals surface area contributed by atoms with E-state index < -0.39 is 17.6 Å². The molecule has 1 aliphatic rings. The van der Waals surface area contributed by atoms with Gasteiger partial charge in [-0.1, -0.05) is 19.9 Å². The van der Waals surface area contributed by atoms with Crippen molar-refractivity contribution in [1.82, 2.24) is 5.32 Å². The molecule has 0 radical (unpaired) electrons. The molecule has 106 valence electrons. The average Bonchev–Trinajstić information content (AvgIpc) is 3.02. The van der Waals surface area contributed by atoms with E-state index in [0.717, 1.165) is 18.6 Å². The lowest BCUT2D eigenvalue weighted by atomic mass is 9.98. The molecule has 1 saturated carbocycles. The van der Waals surface area contributed by atoms with Gasteiger partial charge in [-0.15, -0.1) is 0 Å². The molecular weight excluding hydrogens is 258 g/mol. The summed E-state index contributed by atoms with van der Waals surface area (Å²) >= 11 is 0. The predicted molar refractivity (Wildman–Crippen MR) is 65.1 cm³/mol. The quantitative estimate of drug-likeness (QED) is 0.814.